The second-order valence-corrected chi connectivity index (χ2v) is 11.4. The Bertz CT molecular complexity index is 643. The zero-order chi connectivity index (χ0) is 24.7. The van der Waals surface area contributed by atoms with Gasteiger partial charge in [0.15, 0.2) is 0 Å². The third-order valence-electron chi connectivity index (χ3n) is 8.63. The molecule has 4 aliphatic rings. The van der Waals surface area contributed by atoms with Crippen molar-refractivity contribution in [3.63, 3.8) is 0 Å². The summed E-state index contributed by atoms with van der Waals surface area (Å²) in [6.07, 6.45) is 14.9. The Morgan fingerprint density at radius 3 is 2.35 bits per heavy atom. The molecular formula is C28H51N3O3. The molecule has 2 N–H and O–H groups in total. The highest BCUT2D eigenvalue weighted by Crippen LogP contribution is 2.39. The molecule has 2 heterocycles. The Labute approximate surface area is 208 Å². The molecule has 6 heteroatoms. The van der Waals surface area contributed by atoms with E-state index in [1.54, 1.807) is 0 Å². The number of hydrogen-bond acceptors (Lipinski definition) is 5. The summed E-state index contributed by atoms with van der Waals surface area (Å²) in [6, 6.07) is 1.65. The Hall–Kier alpha value is -1.14. The van der Waals surface area contributed by atoms with Crippen molar-refractivity contribution in [2.24, 2.45) is 11.8 Å². The van der Waals surface area contributed by atoms with Crippen LogP contribution >= 0.6 is 0 Å². The summed E-state index contributed by atoms with van der Waals surface area (Å²) in [5, 5.41) is 6.89. The quantitative estimate of drug-likeness (QED) is 0.515. The van der Waals surface area contributed by atoms with E-state index in [9.17, 15) is 9.59 Å². The van der Waals surface area contributed by atoms with Gasteiger partial charge in [0.2, 0.25) is 5.91 Å². The fourth-order valence-corrected chi connectivity index (χ4v) is 7.08. The van der Waals surface area contributed by atoms with E-state index in [0.29, 0.717) is 31.0 Å². The van der Waals surface area contributed by atoms with Gasteiger partial charge in [0, 0.05) is 24.2 Å². The molecule has 4 rings (SSSR count). The number of esters is 1. The molecule has 0 unspecified atom stereocenters. The molecule has 1 amide bonds. The van der Waals surface area contributed by atoms with Crippen molar-refractivity contribution in [1.29, 1.82) is 0 Å². The summed E-state index contributed by atoms with van der Waals surface area (Å²) in [4.78, 5) is 27.2. The Morgan fingerprint density at radius 1 is 1.00 bits per heavy atom. The summed E-state index contributed by atoms with van der Waals surface area (Å²) in [5.74, 6) is 1.59. The number of rotatable bonds is 7. The van der Waals surface area contributed by atoms with Crippen molar-refractivity contribution in [3.8, 4) is 0 Å². The average Bonchev–Trinajstić information content (AvgIpc) is 3.36. The van der Waals surface area contributed by atoms with Crippen LogP contribution in [0, 0.1) is 11.8 Å². The van der Waals surface area contributed by atoms with Crippen LogP contribution in [0.5, 0.6) is 0 Å². The maximum absolute atomic E-state index is 13.0. The van der Waals surface area contributed by atoms with Crippen LogP contribution in [0.3, 0.4) is 0 Å². The SMILES string of the molecule is CCC[C@@H](N[C@H](C)C(=O)N1[C@H](C)C[C@@H]2CCCC[C@@H]21)C(=O)OCC.C[C@@H]1C[C@@H]2CCCC[C@@H]2N1. The third kappa shape index (κ3) is 6.96. The lowest BCUT2D eigenvalue weighted by atomic mass is 9.85. The molecule has 6 nitrogen and oxygen atoms in total. The van der Waals surface area contributed by atoms with Crippen LogP contribution in [0.1, 0.15) is 112 Å². The zero-order valence-corrected chi connectivity index (χ0v) is 22.5. The van der Waals surface area contributed by atoms with Crippen LogP contribution in [-0.2, 0) is 14.3 Å². The predicted octanol–water partition coefficient (Wildman–Crippen LogP) is 4.80. The summed E-state index contributed by atoms with van der Waals surface area (Å²) < 4.78 is 5.14. The van der Waals surface area contributed by atoms with E-state index in [1.807, 2.05) is 20.8 Å². The topological polar surface area (TPSA) is 70.7 Å². The fourth-order valence-electron chi connectivity index (χ4n) is 7.08. The maximum atomic E-state index is 13.0. The van der Waals surface area contributed by atoms with Gasteiger partial charge in [-0.3, -0.25) is 14.9 Å². The lowest BCUT2D eigenvalue weighted by Gasteiger charge is -2.35. The van der Waals surface area contributed by atoms with Crippen molar-refractivity contribution in [2.75, 3.05) is 6.61 Å². The number of amides is 1. The zero-order valence-electron chi connectivity index (χ0n) is 22.5. The van der Waals surface area contributed by atoms with E-state index in [1.165, 1.54) is 51.4 Å². The van der Waals surface area contributed by atoms with Crippen LogP contribution in [0.4, 0.5) is 0 Å². The molecular weight excluding hydrogens is 426 g/mol. The van der Waals surface area contributed by atoms with Gasteiger partial charge in [-0.1, -0.05) is 39.0 Å². The Balaban J connectivity index is 0.000000266. The summed E-state index contributed by atoms with van der Waals surface area (Å²) in [7, 11) is 0. The number of fused-ring (bicyclic) bond motifs is 2. The highest BCUT2D eigenvalue weighted by Gasteiger charge is 2.43. The smallest absolute Gasteiger partial charge is 0.323 e. The number of nitrogens with zero attached hydrogens (tertiary/aromatic N) is 1. The van der Waals surface area contributed by atoms with Crippen LogP contribution in [0.2, 0.25) is 0 Å². The summed E-state index contributed by atoms with van der Waals surface area (Å²) in [5.41, 5.74) is 0. The van der Waals surface area contributed by atoms with E-state index < -0.39 is 6.04 Å². The van der Waals surface area contributed by atoms with Crippen LogP contribution in [0.15, 0.2) is 0 Å². The second-order valence-electron chi connectivity index (χ2n) is 11.4. The molecule has 2 saturated carbocycles. The molecule has 34 heavy (non-hydrogen) atoms. The van der Waals surface area contributed by atoms with Gasteiger partial charge in [-0.25, -0.2) is 0 Å². The molecule has 0 bridgehead atoms. The van der Waals surface area contributed by atoms with Crippen molar-refractivity contribution in [1.82, 2.24) is 15.5 Å². The van der Waals surface area contributed by atoms with Gasteiger partial charge in [-0.15, -0.1) is 0 Å². The highest BCUT2D eigenvalue weighted by atomic mass is 16.5. The standard InChI is InChI=1S/C19H34N2O3.C9H17N/c1-5-9-16(19(23)24-6-2)20-14(4)18(22)21-13(3)12-15-10-7-8-11-17(15)21;1-7-6-8-4-2-3-5-9(8)10-7/h13-17,20H,5-12H2,1-4H3;7-10H,2-6H2,1H3/t13-,14-,15+,16-,17+;7-,8+,9+/m11/s1. The van der Waals surface area contributed by atoms with Gasteiger partial charge in [0.1, 0.15) is 6.04 Å². The second kappa shape index (κ2) is 13.2. The van der Waals surface area contributed by atoms with E-state index in [2.05, 4.69) is 29.4 Å². The van der Waals surface area contributed by atoms with Crippen LogP contribution in [0.25, 0.3) is 0 Å². The lowest BCUT2D eigenvalue weighted by Crippen LogP contribution is -2.54. The third-order valence-corrected chi connectivity index (χ3v) is 8.63. The molecule has 0 spiro atoms. The number of likely N-dealkylation sites (tertiary alicyclic amines) is 1. The van der Waals surface area contributed by atoms with Gasteiger partial charge in [0.25, 0.3) is 0 Å². The summed E-state index contributed by atoms with van der Waals surface area (Å²) >= 11 is 0. The monoisotopic (exact) mass is 477 g/mol. The minimum Gasteiger partial charge on any atom is -0.465 e. The Kier molecular flexibility index (Phi) is 10.7. The van der Waals surface area contributed by atoms with Crippen molar-refractivity contribution in [3.05, 3.63) is 0 Å². The van der Waals surface area contributed by atoms with Gasteiger partial charge < -0.3 is 15.0 Å². The van der Waals surface area contributed by atoms with Crippen molar-refractivity contribution in [2.45, 2.75) is 148 Å². The normalized spacial score (nSPS) is 34.3. The number of hydrogen-bond donors (Lipinski definition) is 2. The van der Waals surface area contributed by atoms with E-state index in [4.69, 9.17) is 4.74 Å². The van der Waals surface area contributed by atoms with Crippen molar-refractivity contribution < 1.29 is 14.3 Å². The lowest BCUT2D eigenvalue weighted by molar-refractivity contribution is -0.146. The molecule has 0 aromatic rings. The molecule has 2 saturated heterocycles. The number of carbonyl (C=O) groups excluding carboxylic acids is 2. The maximum Gasteiger partial charge on any atom is 0.323 e. The predicted molar refractivity (Wildman–Crippen MR) is 138 cm³/mol. The number of carbonyl (C=O) groups is 2. The summed E-state index contributed by atoms with van der Waals surface area (Å²) in [6.45, 7) is 10.6. The number of nitrogens with one attached hydrogen (secondary N) is 2. The van der Waals surface area contributed by atoms with E-state index in [-0.39, 0.29) is 17.9 Å². The molecule has 2 aliphatic carbocycles. The van der Waals surface area contributed by atoms with Gasteiger partial charge in [-0.05, 0) is 84.5 Å². The minimum absolute atomic E-state index is 0.141. The Morgan fingerprint density at radius 2 is 1.68 bits per heavy atom. The average molecular weight is 478 g/mol. The number of ether oxygens (including phenoxy) is 1. The molecule has 0 radical (unpaired) electrons. The molecule has 0 aromatic carbocycles. The largest absolute Gasteiger partial charge is 0.465 e. The molecule has 8 atom stereocenters. The van der Waals surface area contributed by atoms with Crippen LogP contribution in [-0.4, -0.2) is 59.6 Å². The van der Waals surface area contributed by atoms with Gasteiger partial charge >= 0.3 is 5.97 Å². The molecule has 196 valence electrons. The van der Waals surface area contributed by atoms with Crippen molar-refractivity contribution >= 4 is 11.9 Å². The van der Waals surface area contributed by atoms with Gasteiger partial charge in [0.05, 0.1) is 12.6 Å². The fraction of sp³-hybridized carbons (Fsp3) is 0.929. The van der Waals surface area contributed by atoms with Gasteiger partial charge in [-0.2, -0.15) is 0 Å². The highest BCUT2D eigenvalue weighted by molar-refractivity contribution is 5.84. The molecule has 0 aromatic heterocycles. The first-order valence-electron chi connectivity index (χ1n) is 14.4. The minimum atomic E-state index is -0.394. The van der Waals surface area contributed by atoms with E-state index >= 15 is 0 Å². The first-order valence-corrected chi connectivity index (χ1v) is 14.4. The molecule has 2 aliphatic heterocycles. The first-order chi connectivity index (χ1) is 16.3. The van der Waals surface area contributed by atoms with Crippen LogP contribution < -0.4 is 10.6 Å². The first kappa shape index (κ1) is 27.4. The molecule has 4 fully saturated rings. The van der Waals surface area contributed by atoms with E-state index in [0.717, 1.165) is 37.3 Å².